The van der Waals surface area contributed by atoms with E-state index in [2.05, 4.69) is 28.4 Å². The summed E-state index contributed by atoms with van der Waals surface area (Å²) in [6, 6.07) is 32.4. The third-order valence-electron chi connectivity index (χ3n) is 5.92. The number of hydrogen-bond donors (Lipinski definition) is 1. The summed E-state index contributed by atoms with van der Waals surface area (Å²) in [6.45, 7) is 3.70. The zero-order chi connectivity index (χ0) is 22.9. The van der Waals surface area contributed by atoms with Crippen molar-refractivity contribution in [1.29, 1.82) is 5.26 Å². The van der Waals surface area contributed by atoms with Crippen LogP contribution in [0.1, 0.15) is 22.7 Å². The van der Waals surface area contributed by atoms with Crippen LogP contribution in [-0.4, -0.2) is 41.9 Å². The molecule has 166 valence electrons. The maximum absolute atomic E-state index is 13.1. The molecular formula is C28H28N4O. The van der Waals surface area contributed by atoms with E-state index in [1.165, 1.54) is 5.56 Å². The minimum atomic E-state index is -0.218. The summed E-state index contributed by atoms with van der Waals surface area (Å²) in [6.07, 6.45) is 1.57. The van der Waals surface area contributed by atoms with E-state index >= 15 is 0 Å². The predicted molar refractivity (Wildman–Crippen MR) is 130 cm³/mol. The average molecular weight is 437 g/mol. The number of nitrogens with one attached hydrogen (secondary N) is 1. The third-order valence-corrected chi connectivity index (χ3v) is 5.92. The number of piperazine rings is 1. The Morgan fingerprint density at radius 3 is 1.88 bits per heavy atom. The summed E-state index contributed by atoms with van der Waals surface area (Å²) in [5.74, 6) is -0.218. The fraction of sp³-hybridized carbons (Fsp3) is 0.214. The van der Waals surface area contributed by atoms with E-state index in [4.69, 9.17) is 0 Å². The lowest BCUT2D eigenvalue weighted by Gasteiger charge is -2.34. The molecule has 0 spiro atoms. The molecule has 3 aromatic carbocycles. The molecule has 1 amide bonds. The van der Waals surface area contributed by atoms with Crippen LogP contribution in [0.25, 0.3) is 0 Å². The standard InChI is InChI=1S/C28H28N4O/c29-20-26(21-30-27(24-12-6-2-7-13-24)25-14-8-3-9-15-25)28(33)32-18-16-31(17-19-32)22-23-10-4-1-5-11-23/h1-15,21,27,30H,16-19,22H2/b26-21-. The van der Waals surface area contributed by atoms with E-state index in [9.17, 15) is 10.1 Å². The van der Waals surface area contributed by atoms with Crippen LogP contribution in [0.4, 0.5) is 0 Å². The summed E-state index contributed by atoms with van der Waals surface area (Å²) in [5, 5.41) is 13.0. The Morgan fingerprint density at radius 2 is 1.36 bits per heavy atom. The van der Waals surface area contributed by atoms with Crippen LogP contribution in [0, 0.1) is 11.3 Å². The van der Waals surface area contributed by atoms with Crippen molar-refractivity contribution in [3.8, 4) is 6.07 Å². The van der Waals surface area contributed by atoms with Crippen LogP contribution in [0.2, 0.25) is 0 Å². The summed E-state index contributed by atoms with van der Waals surface area (Å²) in [4.78, 5) is 17.2. The highest BCUT2D eigenvalue weighted by Crippen LogP contribution is 2.22. The Balaban J connectivity index is 1.41. The van der Waals surface area contributed by atoms with Gasteiger partial charge in [0.05, 0.1) is 6.04 Å². The Bertz CT molecular complexity index is 1060. The second-order valence-corrected chi connectivity index (χ2v) is 8.14. The van der Waals surface area contributed by atoms with Gasteiger partial charge in [0, 0.05) is 38.9 Å². The first-order valence-corrected chi connectivity index (χ1v) is 11.3. The number of amides is 1. The maximum atomic E-state index is 13.1. The molecule has 1 saturated heterocycles. The molecule has 0 radical (unpaired) electrons. The molecule has 0 atom stereocenters. The van der Waals surface area contributed by atoms with Crippen LogP contribution in [-0.2, 0) is 11.3 Å². The third kappa shape index (κ3) is 5.88. The van der Waals surface area contributed by atoms with E-state index < -0.39 is 0 Å². The highest BCUT2D eigenvalue weighted by Gasteiger charge is 2.24. The quantitative estimate of drug-likeness (QED) is 0.447. The number of carbonyl (C=O) groups excluding carboxylic acids is 1. The van der Waals surface area contributed by atoms with Gasteiger partial charge in [-0.3, -0.25) is 9.69 Å². The SMILES string of the molecule is N#C/C(=C/NC(c1ccccc1)c1ccccc1)C(=O)N1CCN(Cc2ccccc2)CC1. The smallest absolute Gasteiger partial charge is 0.266 e. The summed E-state index contributed by atoms with van der Waals surface area (Å²) < 4.78 is 0. The van der Waals surface area contributed by atoms with Gasteiger partial charge < -0.3 is 10.2 Å². The van der Waals surface area contributed by atoms with Gasteiger partial charge in [-0.1, -0.05) is 91.0 Å². The average Bonchev–Trinajstić information content (AvgIpc) is 2.88. The van der Waals surface area contributed by atoms with Crippen LogP contribution >= 0.6 is 0 Å². The lowest BCUT2D eigenvalue weighted by molar-refractivity contribution is -0.128. The van der Waals surface area contributed by atoms with Crippen molar-refractivity contribution in [2.45, 2.75) is 12.6 Å². The number of rotatable bonds is 7. The summed E-state index contributed by atoms with van der Waals surface area (Å²) in [7, 11) is 0. The van der Waals surface area contributed by atoms with E-state index in [1.54, 1.807) is 11.1 Å². The van der Waals surface area contributed by atoms with Crippen LogP contribution in [0.15, 0.2) is 103 Å². The van der Waals surface area contributed by atoms with Crippen LogP contribution < -0.4 is 5.32 Å². The van der Waals surface area contributed by atoms with Crippen molar-refractivity contribution in [1.82, 2.24) is 15.1 Å². The molecule has 5 nitrogen and oxygen atoms in total. The molecule has 0 bridgehead atoms. The summed E-state index contributed by atoms with van der Waals surface area (Å²) in [5.41, 5.74) is 3.54. The number of nitriles is 1. The zero-order valence-electron chi connectivity index (χ0n) is 18.6. The van der Waals surface area contributed by atoms with Crippen LogP contribution in [0.3, 0.4) is 0 Å². The molecule has 0 aliphatic carbocycles. The van der Waals surface area contributed by atoms with Gasteiger partial charge in [0.15, 0.2) is 0 Å². The first-order valence-electron chi connectivity index (χ1n) is 11.3. The zero-order valence-corrected chi connectivity index (χ0v) is 18.6. The molecule has 3 aromatic rings. The van der Waals surface area contributed by atoms with Crippen molar-refractivity contribution in [3.05, 3.63) is 119 Å². The van der Waals surface area contributed by atoms with Crippen LogP contribution in [0.5, 0.6) is 0 Å². The van der Waals surface area contributed by atoms with Gasteiger partial charge >= 0.3 is 0 Å². The molecule has 5 heteroatoms. The lowest BCUT2D eigenvalue weighted by atomic mass is 9.99. The molecule has 1 fully saturated rings. The van der Waals surface area contributed by atoms with Gasteiger partial charge in [-0.2, -0.15) is 5.26 Å². The molecule has 0 aromatic heterocycles. The van der Waals surface area contributed by atoms with Gasteiger partial charge in [-0.25, -0.2) is 0 Å². The Morgan fingerprint density at radius 1 is 0.848 bits per heavy atom. The van der Waals surface area contributed by atoms with Crippen molar-refractivity contribution in [3.63, 3.8) is 0 Å². The minimum Gasteiger partial charge on any atom is -0.379 e. The number of nitrogens with zero attached hydrogens (tertiary/aromatic N) is 3. The van der Waals surface area contributed by atoms with Gasteiger partial charge in [0.2, 0.25) is 0 Å². The predicted octanol–water partition coefficient (Wildman–Crippen LogP) is 4.12. The minimum absolute atomic E-state index is 0.128. The van der Waals surface area contributed by atoms with Crippen molar-refractivity contribution in [2.24, 2.45) is 0 Å². The number of hydrogen-bond acceptors (Lipinski definition) is 4. The fourth-order valence-electron chi connectivity index (χ4n) is 4.11. The maximum Gasteiger partial charge on any atom is 0.266 e. The van der Waals surface area contributed by atoms with E-state index in [0.717, 1.165) is 30.8 Å². The number of carbonyl (C=O) groups is 1. The normalized spacial score (nSPS) is 14.7. The van der Waals surface area contributed by atoms with Crippen molar-refractivity contribution < 1.29 is 4.79 Å². The fourth-order valence-corrected chi connectivity index (χ4v) is 4.11. The molecule has 0 saturated carbocycles. The molecule has 1 heterocycles. The first-order chi connectivity index (χ1) is 16.2. The molecule has 1 aliphatic rings. The molecule has 1 aliphatic heterocycles. The van der Waals surface area contributed by atoms with E-state index in [1.807, 2.05) is 78.9 Å². The Hall–Kier alpha value is -3.88. The Kier molecular flexibility index (Phi) is 7.52. The largest absolute Gasteiger partial charge is 0.379 e. The molecule has 4 rings (SSSR count). The first kappa shape index (κ1) is 22.3. The van der Waals surface area contributed by atoms with E-state index in [-0.39, 0.29) is 17.5 Å². The second kappa shape index (κ2) is 11.1. The highest BCUT2D eigenvalue weighted by atomic mass is 16.2. The van der Waals surface area contributed by atoms with E-state index in [0.29, 0.717) is 13.1 Å². The van der Waals surface area contributed by atoms with Crippen molar-refractivity contribution >= 4 is 5.91 Å². The Labute approximate surface area is 195 Å². The molecular weight excluding hydrogens is 408 g/mol. The monoisotopic (exact) mass is 436 g/mol. The van der Waals surface area contributed by atoms with Gasteiger partial charge in [-0.05, 0) is 16.7 Å². The van der Waals surface area contributed by atoms with Gasteiger partial charge in [0.25, 0.3) is 5.91 Å². The molecule has 0 unspecified atom stereocenters. The second-order valence-electron chi connectivity index (χ2n) is 8.14. The topological polar surface area (TPSA) is 59.4 Å². The van der Waals surface area contributed by atoms with Gasteiger partial charge in [-0.15, -0.1) is 0 Å². The summed E-state index contributed by atoms with van der Waals surface area (Å²) >= 11 is 0. The van der Waals surface area contributed by atoms with Gasteiger partial charge in [0.1, 0.15) is 11.6 Å². The lowest BCUT2D eigenvalue weighted by Crippen LogP contribution is -2.48. The van der Waals surface area contributed by atoms with Crippen molar-refractivity contribution in [2.75, 3.05) is 26.2 Å². The highest BCUT2D eigenvalue weighted by molar-refractivity contribution is 5.97. The molecule has 33 heavy (non-hydrogen) atoms. The molecule has 1 N–H and O–H groups in total. The number of benzene rings is 3.